The zero-order valence-corrected chi connectivity index (χ0v) is 11.5. The third kappa shape index (κ3) is 2.04. The smallest absolute Gasteiger partial charge is 0.182 e. The number of hydrogen-bond acceptors (Lipinski definition) is 5. The number of piperidine rings is 1. The average molecular weight is 272 g/mol. The summed E-state index contributed by atoms with van der Waals surface area (Å²) in [7, 11) is 0. The molecule has 0 saturated carbocycles. The fraction of sp³-hybridized carbons (Fsp3) is 0.643. The number of rotatable bonds is 2. The van der Waals surface area contributed by atoms with Crippen molar-refractivity contribution >= 4 is 17.0 Å². The first-order valence-corrected chi connectivity index (χ1v) is 7.54. The van der Waals surface area contributed by atoms with Crippen molar-refractivity contribution in [3.05, 3.63) is 12.7 Å². The van der Waals surface area contributed by atoms with Gasteiger partial charge in [-0.15, -0.1) is 0 Å². The molecule has 2 fully saturated rings. The van der Waals surface area contributed by atoms with Crippen LogP contribution in [-0.2, 0) is 0 Å². The minimum absolute atomic E-state index is 0.692. The van der Waals surface area contributed by atoms with E-state index in [4.69, 9.17) is 0 Å². The van der Waals surface area contributed by atoms with Crippen LogP contribution in [0.5, 0.6) is 0 Å². The van der Waals surface area contributed by atoms with E-state index in [1.165, 1.54) is 32.2 Å². The largest absolute Gasteiger partial charge is 0.354 e. The Labute approximate surface area is 118 Å². The molecule has 0 amide bonds. The Kier molecular flexibility index (Phi) is 3.03. The van der Waals surface area contributed by atoms with Crippen LogP contribution in [0.25, 0.3) is 11.2 Å². The molecule has 0 bridgehead atoms. The zero-order valence-electron chi connectivity index (χ0n) is 11.5. The van der Waals surface area contributed by atoms with Gasteiger partial charge in [0.25, 0.3) is 0 Å². The van der Waals surface area contributed by atoms with Gasteiger partial charge in [0.2, 0.25) is 0 Å². The van der Waals surface area contributed by atoms with Gasteiger partial charge in [-0.05, 0) is 38.1 Å². The van der Waals surface area contributed by atoms with Crippen molar-refractivity contribution in [2.45, 2.75) is 31.7 Å². The molecule has 2 unspecified atom stereocenters. The SMILES string of the molecule is c1nc(N2CCCC(C3CCCN3)C2)c2[nH]cnc2n1. The third-order valence-corrected chi connectivity index (χ3v) is 4.63. The van der Waals surface area contributed by atoms with E-state index in [1.807, 2.05) is 0 Å². The second-order valence-electron chi connectivity index (χ2n) is 5.85. The van der Waals surface area contributed by atoms with Gasteiger partial charge in [0, 0.05) is 19.1 Å². The lowest BCUT2D eigenvalue weighted by Gasteiger charge is -2.36. The van der Waals surface area contributed by atoms with Crippen LogP contribution < -0.4 is 10.2 Å². The van der Waals surface area contributed by atoms with E-state index < -0.39 is 0 Å². The first kappa shape index (κ1) is 12.1. The minimum atomic E-state index is 0.692. The van der Waals surface area contributed by atoms with Gasteiger partial charge in [0.05, 0.1) is 6.33 Å². The lowest BCUT2D eigenvalue weighted by atomic mass is 9.90. The molecule has 2 aromatic heterocycles. The Balaban J connectivity index is 1.59. The maximum Gasteiger partial charge on any atom is 0.182 e. The van der Waals surface area contributed by atoms with Crippen LogP contribution in [0.2, 0.25) is 0 Å². The molecule has 2 aliphatic heterocycles. The fourth-order valence-corrected chi connectivity index (χ4v) is 3.64. The van der Waals surface area contributed by atoms with Crippen molar-refractivity contribution in [3.8, 4) is 0 Å². The summed E-state index contributed by atoms with van der Waals surface area (Å²) in [4.78, 5) is 18.5. The van der Waals surface area contributed by atoms with Crippen LogP contribution in [-0.4, -0.2) is 45.6 Å². The van der Waals surface area contributed by atoms with Crippen molar-refractivity contribution in [3.63, 3.8) is 0 Å². The average Bonchev–Trinajstić information content (AvgIpc) is 3.18. The Morgan fingerprint density at radius 2 is 2.15 bits per heavy atom. The molecule has 2 N–H and O–H groups in total. The number of fused-ring (bicyclic) bond motifs is 1. The standard InChI is InChI=1S/C14H20N6/c1-4-11(15-5-1)10-3-2-6-20(7-10)14-12-13(17-8-16-12)18-9-19-14/h8-11,15H,1-7H2,(H,16,17,18,19). The summed E-state index contributed by atoms with van der Waals surface area (Å²) in [6, 6.07) is 0.692. The van der Waals surface area contributed by atoms with Gasteiger partial charge in [-0.1, -0.05) is 0 Å². The number of hydrogen-bond donors (Lipinski definition) is 2. The molecule has 4 heterocycles. The van der Waals surface area contributed by atoms with Crippen molar-refractivity contribution in [1.29, 1.82) is 0 Å². The van der Waals surface area contributed by atoms with Crippen LogP contribution in [0, 0.1) is 5.92 Å². The topological polar surface area (TPSA) is 69.7 Å². The van der Waals surface area contributed by atoms with Gasteiger partial charge in [-0.3, -0.25) is 0 Å². The number of anilines is 1. The van der Waals surface area contributed by atoms with Gasteiger partial charge in [-0.25, -0.2) is 15.0 Å². The molecule has 2 atom stereocenters. The van der Waals surface area contributed by atoms with Gasteiger partial charge in [0.1, 0.15) is 11.8 Å². The Bertz CT molecular complexity index is 588. The van der Waals surface area contributed by atoms with Gasteiger partial charge in [0.15, 0.2) is 11.5 Å². The highest BCUT2D eigenvalue weighted by atomic mass is 15.2. The monoisotopic (exact) mass is 272 g/mol. The molecule has 2 aromatic rings. The molecule has 2 saturated heterocycles. The van der Waals surface area contributed by atoms with Crippen LogP contribution in [0.3, 0.4) is 0 Å². The molecule has 106 valence electrons. The van der Waals surface area contributed by atoms with E-state index in [2.05, 4.69) is 30.2 Å². The summed E-state index contributed by atoms with van der Waals surface area (Å²) in [6.45, 7) is 3.34. The summed E-state index contributed by atoms with van der Waals surface area (Å²) < 4.78 is 0. The Morgan fingerprint density at radius 3 is 3.05 bits per heavy atom. The van der Waals surface area contributed by atoms with Gasteiger partial charge in [-0.2, -0.15) is 0 Å². The fourth-order valence-electron chi connectivity index (χ4n) is 3.64. The lowest BCUT2D eigenvalue weighted by Crippen LogP contribution is -2.43. The van der Waals surface area contributed by atoms with Crippen molar-refractivity contribution in [2.24, 2.45) is 5.92 Å². The highest BCUT2D eigenvalue weighted by molar-refractivity contribution is 5.82. The number of imidazole rings is 1. The maximum absolute atomic E-state index is 4.49. The van der Waals surface area contributed by atoms with E-state index in [0.29, 0.717) is 6.04 Å². The third-order valence-electron chi connectivity index (χ3n) is 4.63. The molecule has 6 heteroatoms. The highest BCUT2D eigenvalue weighted by Crippen LogP contribution is 2.29. The molecule has 2 aliphatic rings. The Hall–Kier alpha value is -1.69. The molecule has 0 radical (unpaired) electrons. The van der Waals surface area contributed by atoms with E-state index in [-0.39, 0.29) is 0 Å². The van der Waals surface area contributed by atoms with Crippen LogP contribution >= 0.6 is 0 Å². The number of aromatic nitrogens is 4. The minimum Gasteiger partial charge on any atom is -0.354 e. The number of nitrogens with zero attached hydrogens (tertiary/aromatic N) is 4. The summed E-state index contributed by atoms with van der Waals surface area (Å²) in [5.74, 6) is 1.74. The maximum atomic E-state index is 4.49. The quantitative estimate of drug-likeness (QED) is 0.863. The van der Waals surface area contributed by atoms with E-state index >= 15 is 0 Å². The van der Waals surface area contributed by atoms with Crippen molar-refractivity contribution in [1.82, 2.24) is 25.3 Å². The van der Waals surface area contributed by atoms with Crippen LogP contribution in [0.1, 0.15) is 25.7 Å². The number of nitrogens with one attached hydrogen (secondary N) is 2. The molecule has 6 nitrogen and oxygen atoms in total. The zero-order chi connectivity index (χ0) is 13.4. The number of aromatic amines is 1. The van der Waals surface area contributed by atoms with Crippen LogP contribution in [0.4, 0.5) is 5.82 Å². The molecule has 0 aromatic carbocycles. The molecular weight excluding hydrogens is 252 g/mol. The molecule has 0 spiro atoms. The summed E-state index contributed by atoms with van der Waals surface area (Å²) in [5.41, 5.74) is 1.73. The first-order valence-electron chi connectivity index (χ1n) is 7.54. The molecular formula is C14H20N6. The van der Waals surface area contributed by atoms with Gasteiger partial charge >= 0.3 is 0 Å². The number of H-pyrrole nitrogens is 1. The summed E-state index contributed by atoms with van der Waals surface area (Å²) >= 11 is 0. The molecule has 4 rings (SSSR count). The van der Waals surface area contributed by atoms with E-state index in [1.54, 1.807) is 12.7 Å². The Morgan fingerprint density at radius 1 is 1.15 bits per heavy atom. The lowest BCUT2D eigenvalue weighted by molar-refractivity contribution is 0.328. The second kappa shape index (κ2) is 5.01. The first-order chi connectivity index (χ1) is 9.92. The van der Waals surface area contributed by atoms with Crippen molar-refractivity contribution < 1.29 is 0 Å². The summed E-state index contributed by atoms with van der Waals surface area (Å²) in [5, 5.41) is 3.65. The molecule has 20 heavy (non-hydrogen) atoms. The predicted octanol–water partition coefficient (Wildman–Crippen LogP) is 1.32. The van der Waals surface area contributed by atoms with E-state index in [9.17, 15) is 0 Å². The predicted molar refractivity (Wildman–Crippen MR) is 77.6 cm³/mol. The molecule has 0 aliphatic carbocycles. The normalized spacial score (nSPS) is 27.3. The van der Waals surface area contributed by atoms with Gasteiger partial charge < -0.3 is 15.2 Å². The van der Waals surface area contributed by atoms with Crippen molar-refractivity contribution in [2.75, 3.05) is 24.5 Å². The summed E-state index contributed by atoms with van der Waals surface area (Å²) in [6.07, 6.45) is 8.52. The second-order valence-corrected chi connectivity index (χ2v) is 5.85. The van der Waals surface area contributed by atoms with Crippen LogP contribution in [0.15, 0.2) is 12.7 Å². The van der Waals surface area contributed by atoms with E-state index in [0.717, 1.165) is 36.0 Å². The highest BCUT2D eigenvalue weighted by Gasteiger charge is 2.30.